The molecule has 1 aliphatic heterocycles. The van der Waals surface area contributed by atoms with E-state index in [1.807, 2.05) is 0 Å². The van der Waals surface area contributed by atoms with Crippen LogP contribution in [-0.4, -0.2) is 40.1 Å². The first-order valence-electron chi connectivity index (χ1n) is 5.07. The van der Waals surface area contributed by atoms with Crippen molar-refractivity contribution in [2.24, 2.45) is 0 Å². The number of morpholine rings is 1. The van der Waals surface area contributed by atoms with E-state index in [1.165, 1.54) is 0 Å². The van der Waals surface area contributed by atoms with E-state index < -0.39 is 0 Å². The molecule has 3 rings (SSSR count). The average Bonchev–Trinajstić information content (AvgIpc) is 3.01. The summed E-state index contributed by atoms with van der Waals surface area (Å²) in [6, 6.07) is 0.0122. The van der Waals surface area contributed by atoms with Crippen molar-refractivity contribution in [3.05, 3.63) is 18.2 Å². The van der Waals surface area contributed by atoms with Gasteiger partial charge in [-0.1, -0.05) is 5.16 Å². The highest BCUT2D eigenvalue weighted by Crippen LogP contribution is 2.18. The molecule has 0 amide bonds. The highest BCUT2D eigenvalue weighted by atomic mass is 16.5. The maximum atomic E-state index is 5.33. The second kappa shape index (κ2) is 4.03. The normalized spacial score (nSPS) is 21.1. The van der Waals surface area contributed by atoms with Gasteiger partial charge >= 0.3 is 0 Å². The summed E-state index contributed by atoms with van der Waals surface area (Å²) in [5.74, 6) is 1.09. The molecule has 0 saturated carbocycles. The molecule has 1 fully saturated rings. The molecule has 2 N–H and O–H groups in total. The summed E-state index contributed by atoms with van der Waals surface area (Å²) in [7, 11) is 0. The molecule has 0 aliphatic carbocycles. The van der Waals surface area contributed by atoms with Gasteiger partial charge in [-0.15, -0.1) is 0 Å². The Morgan fingerprint density at radius 2 is 2.44 bits per heavy atom. The third kappa shape index (κ3) is 1.70. The molecule has 1 unspecified atom stereocenters. The highest BCUT2D eigenvalue weighted by molar-refractivity contribution is 5.49. The minimum atomic E-state index is 0.0122. The summed E-state index contributed by atoms with van der Waals surface area (Å²) in [6.45, 7) is 2.10. The number of H-pyrrole nitrogens is 1. The fraction of sp³-hybridized carbons (Fsp3) is 0.444. The molecule has 84 valence electrons. The van der Waals surface area contributed by atoms with Gasteiger partial charge in [0.15, 0.2) is 5.82 Å². The fourth-order valence-corrected chi connectivity index (χ4v) is 1.59. The van der Waals surface area contributed by atoms with Gasteiger partial charge in [0, 0.05) is 12.7 Å². The fourth-order valence-electron chi connectivity index (χ4n) is 1.59. The Morgan fingerprint density at radius 3 is 3.19 bits per heavy atom. The molecular weight excluding hydrogens is 210 g/mol. The Balaban J connectivity index is 1.82. The maximum absolute atomic E-state index is 5.33. The van der Waals surface area contributed by atoms with Crippen LogP contribution in [0.1, 0.15) is 11.9 Å². The topological polar surface area (TPSA) is 88.9 Å². The summed E-state index contributed by atoms with van der Waals surface area (Å²) in [5, 5.41) is 13.7. The molecule has 3 heterocycles. The molecule has 7 nitrogen and oxygen atoms in total. The van der Waals surface area contributed by atoms with Crippen LogP contribution in [0.5, 0.6) is 0 Å². The lowest BCUT2D eigenvalue weighted by Crippen LogP contribution is -2.35. The van der Waals surface area contributed by atoms with Crippen molar-refractivity contribution in [1.29, 1.82) is 0 Å². The number of ether oxygens (including phenoxy) is 1. The third-order valence-corrected chi connectivity index (χ3v) is 2.42. The molecule has 1 saturated heterocycles. The van der Waals surface area contributed by atoms with Crippen molar-refractivity contribution >= 4 is 0 Å². The predicted molar refractivity (Wildman–Crippen MR) is 53.4 cm³/mol. The van der Waals surface area contributed by atoms with E-state index in [-0.39, 0.29) is 6.04 Å². The van der Waals surface area contributed by atoms with E-state index in [9.17, 15) is 0 Å². The molecule has 2 aromatic rings. The molecule has 0 aromatic carbocycles. The van der Waals surface area contributed by atoms with Crippen molar-refractivity contribution < 1.29 is 9.26 Å². The number of nitrogens with zero attached hydrogens (tertiary/aromatic N) is 3. The maximum Gasteiger partial charge on any atom is 0.261 e. The van der Waals surface area contributed by atoms with Crippen LogP contribution < -0.4 is 5.32 Å². The number of aromatic amines is 1. The first-order valence-corrected chi connectivity index (χ1v) is 5.07. The third-order valence-electron chi connectivity index (χ3n) is 2.42. The van der Waals surface area contributed by atoms with Crippen LogP contribution in [0, 0.1) is 0 Å². The SMILES string of the molecule is c1n[nH]cc1-c1nc(C2COCCN2)no1. The molecule has 16 heavy (non-hydrogen) atoms. The van der Waals surface area contributed by atoms with Gasteiger partial charge in [-0.25, -0.2) is 0 Å². The zero-order valence-electron chi connectivity index (χ0n) is 8.51. The van der Waals surface area contributed by atoms with Crippen molar-refractivity contribution in [1.82, 2.24) is 25.7 Å². The van der Waals surface area contributed by atoms with Gasteiger partial charge in [0.25, 0.3) is 5.89 Å². The summed E-state index contributed by atoms with van der Waals surface area (Å²) in [5.41, 5.74) is 0.787. The van der Waals surface area contributed by atoms with Crippen LogP contribution in [-0.2, 0) is 4.74 Å². The van der Waals surface area contributed by atoms with Gasteiger partial charge in [0.05, 0.1) is 31.0 Å². The zero-order valence-corrected chi connectivity index (χ0v) is 8.51. The summed E-state index contributed by atoms with van der Waals surface area (Å²) >= 11 is 0. The standard InChI is InChI=1S/C9H11N5O2/c1-2-15-5-7(10-1)8-13-9(16-14-8)6-3-11-12-4-6/h3-4,7,10H,1-2,5H2,(H,11,12). The number of aromatic nitrogens is 4. The molecule has 2 aromatic heterocycles. The number of hydrogen-bond acceptors (Lipinski definition) is 6. The lowest BCUT2D eigenvalue weighted by atomic mass is 10.2. The summed E-state index contributed by atoms with van der Waals surface area (Å²) in [4.78, 5) is 4.30. The van der Waals surface area contributed by atoms with E-state index in [1.54, 1.807) is 12.4 Å². The second-order valence-electron chi connectivity index (χ2n) is 3.53. The van der Waals surface area contributed by atoms with Gasteiger partial charge in [0.2, 0.25) is 0 Å². The minimum Gasteiger partial charge on any atom is -0.378 e. The zero-order chi connectivity index (χ0) is 10.8. The molecule has 0 radical (unpaired) electrons. The Hall–Kier alpha value is -1.73. The Labute approximate surface area is 91.2 Å². The first-order chi connectivity index (χ1) is 7.93. The van der Waals surface area contributed by atoms with Gasteiger partial charge in [-0.05, 0) is 0 Å². The van der Waals surface area contributed by atoms with E-state index in [0.29, 0.717) is 18.3 Å². The predicted octanol–water partition coefficient (Wildman–Crippen LogP) is 0.121. The van der Waals surface area contributed by atoms with E-state index in [0.717, 1.165) is 18.7 Å². The second-order valence-corrected chi connectivity index (χ2v) is 3.53. The molecule has 1 atom stereocenters. The average molecular weight is 221 g/mol. The Morgan fingerprint density at radius 1 is 1.44 bits per heavy atom. The molecule has 0 bridgehead atoms. The van der Waals surface area contributed by atoms with E-state index in [2.05, 4.69) is 25.7 Å². The first kappa shape index (κ1) is 9.49. The van der Waals surface area contributed by atoms with Crippen molar-refractivity contribution in [3.63, 3.8) is 0 Å². The van der Waals surface area contributed by atoms with Crippen molar-refractivity contribution in [2.75, 3.05) is 19.8 Å². The van der Waals surface area contributed by atoms with Gasteiger partial charge in [-0.3, -0.25) is 5.10 Å². The van der Waals surface area contributed by atoms with Crippen LogP contribution in [0.25, 0.3) is 11.5 Å². The minimum absolute atomic E-state index is 0.0122. The van der Waals surface area contributed by atoms with Gasteiger partial charge in [-0.2, -0.15) is 10.1 Å². The quantitative estimate of drug-likeness (QED) is 0.748. The van der Waals surface area contributed by atoms with Crippen molar-refractivity contribution in [3.8, 4) is 11.5 Å². The molecule has 0 spiro atoms. The van der Waals surface area contributed by atoms with Crippen LogP contribution in [0.3, 0.4) is 0 Å². The summed E-state index contributed by atoms with van der Waals surface area (Å²) < 4.78 is 10.5. The number of hydrogen-bond donors (Lipinski definition) is 2. The van der Waals surface area contributed by atoms with Crippen LogP contribution in [0.4, 0.5) is 0 Å². The Bertz CT molecular complexity index is 446. The largest absolute Gasteiger partial charge is 0.378 e. The van der Waals surface area contributed by atoms with Crippen LogP contribution >= 0.6 is 0 Å². The molecule has 7 heteroatoms. The highest BCUT2D eigenvalue weighted by Gasteiger charge is 2.21. The monoisotopic (exact) mass is 221 g/mol. The van der Waals surface area contributed by atoms with Crippen LogP contribution in [0.2, 0.25) is 0 Å². The van der Waals surface area contributed by atoms with E-state index in [4.69, 9.17) is 9.26 Å². The lowest BCUT2D eigenvalue weighted by Gasteiger charge is -2.20. The Kier molecular flexibility index (Phi) is 2.39. The molecular formula is C9H11N5O2. The summed E-state index contributed by atoms with van der Waals surface area (Å²) in [6.07, 6.45) is 3.35. The number of rotatable bonds is 2. The van der Waals surface area contributed by atoms with E-state index >= 15 is 0 Å². The lowest BCUT2D eigenvalue weighted by molar-refractivity contribution is 0.0734. The smallest absolute Gasteiger partial charge is 0.261 e. The molecule has 1 aliphatic rings. The van der Waals surface area contributed by atoms with Gasteiger partial charge in [0.1, 0.15) is 0 Å². The van der Waals surface area contributed by atoms with Gasteiger partial charge < -0.3 is 14.6 Å². The number of nitrogens with one attached hydrogen (secondary N) is 2. The van der Waals surface area contributed by atoms with Crippen LogP contribution in [0.15, 0.2) is 16.9 Å². The van der Waals surface area contributed by atoms with Crippen molar-refractivity contribution in [2.45, 2.75) is 6.04 Å².